The minimum absolute atomic E-state index is 0. The van der Waals surface area contributed by atoms with Gasteiger partial charge in [0, 0.05) is 29.6 Å². The van der Waals surface area contributed by atoms with Crippen LogP contribution < -0.4 is 18.9 Å². The molecule has 177 valence electrons. The van der Waals surface area contributed by atoms with E-state index < -0.39 is 10.0 Å². The molecule has 11 heteroatoms. The predicted octanol–water partition coefficient (Wildman–Crippen LogP) is 3.37. The average Bonchev–Trinajstić information content (AvgIpc) is 2.79. The van der Waals surface area contributed by atoms with E-state index in [4.69, 9.17) is 19.3 Å². The van der Waals surface area contributed by atoms with E-state index in [1.165, 1.54) is 19.2 Å². The van der Waals surface area contributed by atoms with Crippen LogP contribution in [0.15, 0.2) is 59.8 Å². The van der Waals surface area contributed by atoms with Crippen LogP contribution in [0.1, 0.15) is 26.3 Å². The van der Waals surface area contributed by atoms with E-state index in [0.717, 1.165) is 11.9 Å². The van der Waals surface area contributed by atoms with E-state index in [-0.39, 0.29) is 70.5 Å². The first-order valence-corrected chi connectivity index (χ1v) is 11.7. The molecule has 0 saturated carbocycles. The molecule has 0 amide bonds. The molecule has 1 radical (unpaired) electrons. The SMILES string of the molecule is COc1ccccc1Oc1c(NS(=O)(=O)c2ccc(C(C)(C)C)cc2)ncnc1OCCO.[Na]. The number of methoxy groups -OCH3 is 1. The zero-order chi connectivity index (χ0) is 24.1. The molecule has 0 atom stereocenters. The summed E-state index contributed by atoms with van der Waals surface area (Å²) in [6, 6.07) is 13.5. The molecule has 0 saturated heterocycles. The Hall–Kier alpha value is -2.37. The fourth-order valence-corrected chi connectivity index (χ4v) is 3.91. The summed E-state index contributed by atoms with van der Waals surface area (Å²) in [4.78, 5) is 8.15. The zero-order valence-electron chi connectivity index (χ0n) is 19.9. The van der Waals surface area contributed by atoms with Crippen LogP contribution in [0.25, 0.3) is 0 Å². The minimum Gasteiger partial charge on any atom is -0.493 e. The number of hydrogen-bond donors (Lipinski definition) is 2. The van der Waals surface area contributed by atoms with Gasteiger partial charge in [-0.15, -0.1) is 0 Å². The molecule has 3 rings (SSSR count). The standard InChI is InChI=1S/C23H27N3O6S.Na/c1-23(2,3)16-9-11-17(12-10-16)33(28,29)26-21-20(22(25-15-24-21)31-14-13-27)32-19-8-6-5-7-18(19)30-4;/h5-12,15,27H,13-14H2,1-4H3,(H,24,25,26);. The Balaban J connectivity index is 0.00000408. The largest absolute Gasteiger partial charge is 0.493 e. The van der Waals surface area contributed by atoms with E-state index in [9.17, 15) is 8.42 Å². The van der Waals surface area contributed by atoms with Gasteiger partial charge in [0.15, 0.2) is 17.3 Å². The van der Waals surface area contributed by atoms with E-state index in [0.29, 0.717) is 11.5 Å². The number of aliphatic hydroxyl groups is 1. The van der Waals surface area contributed by atoms with Crippen molar-refractivity contribution in [1.29, 1.82) is 0 Å². The molecule has 0 fully saturated rings. The van der Waals surface area contributed by atoms with Crippen LogP contribution in [0.3, 0.4) is 0 Å². The number of benzene rings is 2. The number of anilines is 1. The average molecular weight is 497 g/mol. The topological polar surface area (TPSA) is 120 Å². The molecule has 1 aromatic heterocycles. The summed E-state index contributed by atoms with van der Waals surface area (Å²) >= 11 is 0. The maximum atomic E-state index is 13.1. The van der Waals surface area contributed by atoms with Crippen molar-refractivity contribution in [3.63, 3.8) is 0 Å². The fourth-order valence-electron chi connectivity index (χ4n) is 2.90. The summed E-state index contributed by atoms with van der Waals surface area (Å²) in [6.45, 7) is 5.81. The van der Waals surface area contributed by atoms with Gasteiger partial charge >= 0.3 is 0 Å². The van der Waals surface area contributed by atoms with Crippen molar-refractivity contribution in [3.8, 4) is 23.1 Å². The number of sulfonamides is 1. The number of hydrogen-bond acceptors (Lipinski definition) is 8. The Bertz CT molecular complexity index is 1200. The molecular weight excluding hydrogens is 469 g/mol. The van der Waals surface area contributed by atoms with Crippen molar-refractivity contribution in [2.75, 3.05) is 25.0 Å². The van der Waals surface area contributed by atoms with Gasteiger partial charge in [0.25, 0.3) is 15.9 Å². The van der Waals surface area contributed by atoms with Gasteiger partial charge in [0.05, 0.1) is 18.6 Å². The zero-order valence-corrected chi connectivity index (χ0v) is 22.7. The number of nitrogens with zero attached hydrogens (tertiary/aromatic N) is 2. The smallest absolute Gasteiger partial charge is 0.263 e. The van der Waals surface area contributed by atoms with Gasteiger partial charge in [0.2, 0.25) is 5.75 Å². The van der Waals surface area contributed by atoms with Crippen molar-refractivity contribution in [2.24, 2.45) is 0 Å². The molecule has 0 spiro atoms. The first-order chi connectivity index (χ1) is 15.7. The molecular formula is C23H27N3NaO6S. The molecule has 0 aliphatic carbocycles. The minimum atomic E-state index is -4.00. The molecule has 0 unspecified atom stereocenters. The monoisotopic (exact) mass is 496 g/mol. The molecule has 34 heavy (non-hydrogen) atoms. The Morgan fingerprint density at radius 1 is 1.00 bits per heavy atom. The normalized spacial score (nSPS) is 11.3. The van der Waals surface area contributed by atoms with Crippen LogP contribution >= 0.6 is 0 Å². The van der Waals surface area contributed by atoms with Gasteiger partial charge in [-0.1, -0.05) is 45.0 Å². The number of rotatable bonds is 9. The van der Waals surface area contributed by atoms with Crippen LogP contribution in [0.4, 0.5) is 5.82 Å². The van der Waals surface area contributed by atoms with Crippen LogP contribution in [0.5, 0.6) is 23.1 Å². The maximum absolute atomic E-state index is 13.1. The summed E-state index contributed by atoms with van der Waals surface area (Å²) < 4.78 is 45.3. The Labute approximate surface area is 221 Å². The first kappa shape index (κ1) is 27.9. The van der Waals surface area contributed by atoms with Crippen LogP contribution in [-0.2, 0) is 15.4 Å². The van der Waals surface area contributed by atoms with Crippen LogP contribution in [0, 0.1) is 0 Å². The molecule has 1 heterocycles. The van der Waals surface area contributed by atoms with E-state index in [2.05, 4.69) is 14.7 Å². The van der Waals surface area contributed by atoms with Crippen molar-refractivity contribution in [1.82, 2.24) is 9.97 Å². The summed E-state index contributed by atoms with van der Waals surface area (Å²) in [5.41, 5.74) is 0.889. The van der Waals surface area contributed by atoms with Gasteiger partial charge in [0.1, 0.15) is 12.9 Å². The van der Waals surface area contributed by atoms with Gasteiger partial charge in [-0.05, 0) is 35.2 Å². The molecule has 0 aliphatic rings. The summed E-state index contributed by atoms with van der Waals surface area (Å²) in [5, 5.41) is 9.13. The Morgan fingerprint density at radius 2 is 1.65 bits per heavy atom. The second kappa shape index (κ2) is 11.9. The number of nitrogens with one attached hydrogen (secondary N) is 1. The van der Waals surface area contributed by atoms with E-state index in [1.807, 2.05) is 20.8 Å². The van der Waals surface area contributed by atoms with Crippen molar-refractivity contribution < 1.29 is 27.7 Å². The number of para-hydroxylation sites is 2. The van der Waals surface area contributed by atoms with Gasteiger partial charge < -0.3 is 19.3 Å². The summed E-state index contributed by atoms with van der Waals surface area (Å²) in [5.74, 6) is 0.500. The van der Waals surface area contributed by atoms with Crippen molar-refractivity contribution in [2.45, 2.75) is 31.1 Å². The van der Waals surface area contributed by atoms with E-state index in [1.54, 1.807) is 36.4 Å². The number of ether oxygens (including phenoxy) is 3. The summed E-state index contributed by atoms with van der Waals surface area (Å²) in [7, 11) is -2.52. The molecule has 3 aromatic rings. The van der Waals surface area contributed by atoms with Crippen molar-refractivity contribution >= 4 is 45.4 Å². The first-order valence-electron chi connectivity index (χ1n) is 10.2. The second-order valence-electron chi connectivity index (χ2n) is 8.06. The van der Waals surface area contributed by atoms with Gasteiger partial charge in [-0.3, -0.25) is 4.72 Å². The third-order valence-corrected chi connectivity index (χ3v) is 6.00. The maximum Gasteiger partial charge on any atom is 0.263 e. The molecule has 2 N–H and O–H groups in total. The fraction of sp³-hybridized carbons (Fsp3) is 0.304. The quantitative estimate of drug-likeness (QED) is 0.433. The molecule has 0 aliphatic heterocycles. The second-order valence-corrected chi connectivity index (χ2v) is 9.74. The van der Waals surface area contributed by atoms with Gasteiger partial charge in [-0.2, -0.15) is 4.98 Å². The third-order valence-electron chi connectivity index (χ3n) is 4.64. The van der Waals surface area contributed by atoms with Crippen LogP contribution in [-0.4, -0.2) is 73.4 Å². The molecule has 0 bridgehead atoms. The van der Waals surface area contributed by atoms with E-state index >= 15 is 0 Å². The predicted molar refractivity (Wildman–Crippen MR) is 129 cm³/mol. The Morgan fingerprint density at radius 3 is 2.24 bits per heavy atom. The number of aliphatic hydroxyl groups excluding tert-OH is 1. The van der Waals surface area contributed by atoms with Gasteiger partial charge in [-0.25, -0.2) is 13.4 Å². The Kier molecular flexibility index (Phi) is 9.72. The summed E-state index contributed by atoms with van der Waals surface area (Å²) in [6.07, 6.45) is 1.14. The third kappa shape index (κ3) is 6.83. The number of aromatic nitrogens is 2. The molecule has 9 nitrogen and oxygen atoms in total. The molecule has 2 aromatic carbocycles. The van der Waals surface area contributed by atoms with Crippen molar-refractivity contribution in [3.05, 3.63) is 60.4 Å². The van der Waals surface area contributed by atoms with Crippen LogP contribution in [0.2, 0.25) is 0 Å².